The molecule has 1 fully saturated rings. The van der Waals surface area contributed by atoms with E-state index >= 15 is 0 Å². The number of rotatable bonds is 6. The highest BCUT2D eigenvalue weighted by Gasteiger charge is 2.51. The number of nitrogens with one attached hydrogen (secondary N) is 1. The monoisotopic (exact) mass is 458 g/mol. The number of anilines is 1. The minimum Gasteiger partial charge on any atom is -0.454 e. The molecule has 0 radical (unpaired) electrons. The quantitative estimate of drug-likeness (QED) is 0.547. The van der Waals surface area contributed by atoms with E-state index in [1.807, 2.05) is 54.6 Å². The highest BCUT2D eigenvalue weighted by Crippen LogP contribution is 2.51. The maximum absolute atomic E-state index is 13.4. The van der Waals surface area contributed by atoms with Gasteiger partial charge in [0.15, 0.2) is 11.5 Å². The van der Waals surface area contributed by atoms with Crippen molar-refractivity contribution in [3.8, 4) is 22.6 Å². The van der Waals surface area contributed by atoms with Gasteiger partial charge < -0.3 is 19.7 Å². The maximum Gasteiger partial charge on any atom is 0.253 e. The molecule has 1 N–H and O–H groups in total. The van der Waals surface area contributed by atoms with Crippen molar-refractivity contribution in [2.75, 3.05) is 26.2 Å². The number of carbonyl (C=O) groups excluding carboxylic acids is 2. The number of nitrogens with zero attached hydrogens (tertiary/aromatic N) is 1. The summed E-state index contributed by atoms with van der Waals surface area (Å²) in [5, 5.41) is 3.15. The third-order valence-electron chi connectivity index (χ3n) is 6.71. The fourth-order valence-corrected chi connectivity index (χ4v) is 4.50. The van der Waals surface area contributed by atoms with Crippen molar-refractivity contribution < 1.29 is 20.5 Å². The molecule has 0 spiro atoms. The lowest BCUT2D eigenvalue weighted by atomic mass is 9.93. The van der Waals surface area contributed by atoms with E-state index in [0.717, 1.165) is 47.4 Å². The largest absolute Gasteiger partial charge is 0.454 e. The van der Waals surface area contributed by atoms with Crippen molar-refractivity contribution >= 4 is 17.5 Å². The van der Waals surface area contributed by atoms with Gasteiger partial charge in [0, 0.05) is 26.8 Å². The molecule has 3 aromatic rings. The molecular weight excluding hydrogens is 428 g/mol. The van der Waals surface area contributed by atoms with Gasteiger partial charge in [-0.2, -0.15) is 0 Å². The first kappa shape index (κ1) is 22.0. The summed E-state index contributed by atoms with van der Waals surface area (Å²) in [6.45, 7) is 2.33. The molecule has 6 heteroatoms. The van der Waals surface area contributed by atoms with E-state index in [4.69, 9.17) is 9.47 Å². The summed E-state index contributed by atoms with van der Waals surface area (Å²) in [4.78, 5) is 27.2. The molecule has 0 aromatic heterocycles. The predicted molar refractivity (Wildman–Crippen MR) is 133 cm³/mol. The Bertz CT molecular complexity index is 1270. The Hall–Kier alpha value is -3.80. The Balaban J connectivity index is 0.00000289. The zero-order chi connectivity index (χ0) is 23.9. The summed E-state index contributed by atoms with van der Waals surface area (Å²) >= 11 is 0. The van der Waals surface area contributed by atoms with Gasteiger partial charge >= 0.3 is 0 Å². The molecule has 34 heavy (non-hydrogen) atoms. The Morgan fingerprint density at radius 1 is 0.971 bits per heavy atom. The Labute approximate surface area is 201 Å². The van der Waals surface area contributed by atoms with Gasteiger partial charge in [-0.05, 0) is 77.9 Å². The van der Waals surface area contributed by atoms with Gasteiger partial charge in [0.05, 0.1) is 5.41 Å². The van der Waals surface area contributed by atoms with E-state index < -0.39 is 5.41 Å². The average Bonchev–Trinajstić information content (AvgIpc) is 3.54. The minimum absolute atomic E-state index is 0. The van der Waals surface area contributed by atoms with Crippen molar-refractivity contribution in [2.45, 2.75) is 31.6 Å². The summed E-state index contributed by atoms with van der Waals surface area (Å²) in [5.41, 5.74) is 5.09. The van der Waals surface area contributed by atoms with Crippen LogP contribution in [0.2, 0.25) is 0 Å². The molecule has 2 aliphatic rings. The second-order valence-electron chi connectivity index (χ2n) is 9.11. The Kier molecular flexibility index (Phi) is 5.52. The van der Waals surface area contributed by atoms with E-state index in [1.165, 1.54) is 5.56 Å². The van der Waals surface area contributed by atoms with Crippen LogP contribution in [0.15, 0.2) is 60.7 Å². The van der Waals surface area contributed by atoms with Crippen molar-refractivity contribution in [1.82, 2.24) is 4.90 Å². The summed E-state index contributed by atoms with van der Waals surface area (Å²) < 4.78 is 10.9. The van der Waals surface area contributed by atoms with Gasteiger partial charge in [0.1, 0.15) is 0 Å². The standard InChI is InChI=1S/C28H28N2O4.H2/c1-4-18-9-11-22(16-23(18)19-5-7-20(8-6-19)26(31)30(2)3)29-27(32)28(13-14-28)21-10-12-24-25(15-21)34-17-33-24;/h5-12,15-16H,4,13-14,17H2,1-3H3,(H,29,32);1H. The van der Waals surface area contributed by atoms with E-state index in [-0.39, 0.29) is 20.0 Å². The molecule has 1 aliphatic carbocycles. The normalized spacial score (nSPS) is 15.0. The van der Waals surface area contributed by atoms with Crippen LogP contribution >= 0.6 is 0 Å². The van der Waals surface area contributed by atoms with E-state index in [1.54, 1.807) is 19.0 Å². The van der Waals surface area contributed by atoms with Gasteiger partial charge in [-0.3, -0.25) is 9.59 Å². The number of ether oxygens (including phenoxy) is 2. The zero-order valence-corrected chi connectivity index (χ0v) is 19.7. The number of fused-ring (bicyclic) bond motifs is 1. The number of hydrogen-bond donors (Lipinski definition) is 1. The fourth-order valence-electron chi connectivity index (χ4n) is 4.50. The van der Waals surface area contributed by atoms with Gasteiger partial charge in [-0.15, -0.1) is 0 Å². The lowest BCUT2D eigenvalue weighted by molar-refractivity contribution is -0.118. The number of benzene rings is 3. The van der Waals surface area contributed by atoms with Crippen LogP contribution in [0, 0.1) is 0 Å². The summed E-state index contributed by atoms with van der Waals surface area (Å²) in [6, 6.07) is 19.4. The molecule has 1 heterocycles. The third kappa shape index (κ3) is 3.89. The van der Waals surface area contributed by atoms with Crippen LogP contribution in [0.25, 0.3) is 11.1 Å². The molecule has 0 saturated heterocycles. The smallest absolute Gasteiger partial charge is 0.253 e. The lowest BCUT2D eigenvalue weighted by Gasteiger charge is -2.18. The number of carbonyl (C=O) groups is 2. The van der Waals surface area contributed by atoms with Crippen LogP contribution in [-0.2, 0) is 16.6 Å². The van der Waals surface area contributed by atoms with Crippen molar-refractivity contribution in [1.29, 1.82) is 0 Å². The predicted octanol–water partition coefficient (Wildman–Crippen LogP) is 5.26. The molecule has 1 saturated carbocycles. The highest BCUT2D eigenvalue weighted by molar-refractivity contribution is 6.02. The lowest BCUT2D eigenvalue weighted by Crippen LogP contribution is -2.27. The van der Waals surface area contributed by atoms with Crippen molar-refractivity contribution in [2.24, 2.45) is 0 Å². The average molecular weight is 459 g/mol. The molecule has 1 aliphatic heterocycles. The van der Waals surface area contributed by atoms with Crippen LogP contribution < -0.4 is 14.8 Å². The molecule has 5 rings (SSSR count). The highest BCUT2D eigenvalue weighted by atomic mass is 16.7. The van der Waals surface area contributed by atoms with Crippen LogP contribution in [0.5, 0.6) is 11.5 Å². The van der Waals surface area contributed by atoms with Gasteiger partial charge in [0.25, 0.3) is 5.91 Å². The van der Waals surface area contributed by atoms with Crippen molar-refractivity contribution in [3.05, 3.63) is 77.4 Å². The number of aryl methyl sites for hydroxylation is 1. The van der Waals surface area contributed by atoms with E-state index in [2.05, 4.69) is 18.3 Å². The van der Waals surface area contributed by atoms with Gasteiger partial charge in [0.2, 0.25) is 12.7 Å². The second-order valence-corrected chi connectivity index (χ2v) is 9.11. The summed E-state index contributed by atoms with van der Waals surface area (Å²) in [7, 11) is 3.49. The first-order chi connectivity index (χ1) is 16.4. The zero-order valence-electron chi connectivity index (χ0n) is 19.7. The molecule has 0 bridgehead atoms. The number of hydrogen-bond acceptors (Lipinski definition) is 4. The SMILES string of the molecule is CCc1ccc(NC(=O)C2(c3ccc4c(c3)OCO4)CC2)cc1-c1ccc(C(=O)N(C)C)cc1.[HH]. The Morgan fingerprint density at radius 2 is 1.71 bits per heavy atom. The van der Waals surface area contributed by atoms with E-state index in [0.29, 0.717) is 11.3 Å². The summed E-state index contributed by atoms with van der Waals surface area (Å²) in [6.07, 6.45) is 2.47. The first-order valence-electron chi connectivity index (χ1n) is 11.6. The van der Waals surface area contributed by atoms with Crippen LogP contribution in [0.4, 0.5) is 5.69 Å². The van der Waals surface area contributed by atoms with Crippen LogP contribution in [0.3, 0.4) is 0 Å². The molecule has 0 unspecified atom stereocenters. The van der Waals surface area contributed by atoms with E-state index in [9.17, 15) is 9.59 Å². The van der Waals surface area contributed by atoms with Crippen LogP contribution in [-0.4, -0.2) is 37.6 Å². The Morgan fingerprint density at radius 3 is 2.38 bits per heavy atom. The third-order valence-corrected chi connectivity index (χ3v) is 6.71. The molecule has 3 aromatic carbocycles. The molecule has 2 amide bonds. The molecule has 0 atom stereocenters. The number of amides is 2. The van der Waals surface area contributed by atoms with Crippen molar-refractivity contribution in [3.63, 3.8) is 0 Å². The minimum atomic E-state index is -0.529. The van der Waals surface area contributed by atoms with Gasteiger partial charge in [-0.25, -0.2) is 0 Å². The summed E-state index contributed by atoms with van der Waals surface area (Å²) in [5.74, 6) is 1.38. The molecule has 176 valence electrons. The first-order valence-corrected chi connectivity index (χ1v) is 11.6. The molecular formula is C28H30N2O4. The maximum atomic E-state index is 13.4. The van der Waals surface area contributed by atoms with Crippen LogP contribution in [0.1, 0.15) is 42.7 Å². The second kappa shape index (κ2) is 8.52. The van der Waals surface area contributed by atoms with Gasteiger partial charge in [-0.1, -0.05) is 31.2 Å². The topological polar surface area (TPSA) is 67.9 Å². The molecule has 6 nitrogen and oxygen atoms in total. The fraction of sp³-hybridized carbons (Fsp3) is 0.286.